The Labute approximate surface area is 332 Å². The molecule has 1 unspecified atom stereocenters. The van der Waals surface area contributed by atoms with Gasteiger partial charge >= 0.3 is 5.97 Å². The van der Waals surface area contributed by atoms with Crippen LogP contribution in [0.25, 0.3) is 0 Å². The number of esters is 1. The summed E-state index contributed by atoms with van der Waals surface area (Å²) in [7, 11) is 0. The largest absolute Gasteiger partial charge is 0.495 e. The summed E-state index contributed by atoms with van der Waals surface area (Å²) in [5.41, 5.74) is 0. The van der Waals surface area contributed by atoms with E-state index in [1.807, 2.05) is 0 Å². The van der Waals surface area contributed by atoms with Gasteiger partial charge in [0.05, 0.1) is 18.5 Å². The van der Waals surface area contributed by atoms with Crippen molar-refractivity contribution < 1.29 is 19.4 Å². The first-order valence-corrected chi connectivity index (χ1v) is 23.9. The third-order valence-corrected chi connectivity index (χ3v) is 11.1. The Kier molecular flexibility index (Phi) is 41.2. The maximum absolute atomic E-state index is 12.5. The third-order valence-electron chi connectivity index (χ3n) is 11.1. The Morgan fingerprint density at radius 1 is 0.453 bits per heavy atom. The first-order chi connectivity index (χ1) is 26.0. The van der Waals surface area contributed by atoms with Crippen LogP contribution < -0.4 is 0 Å². The lowest BCUT2D eigenvalue weighted by atomic mass is 10.0. The van der Waals surface area contributed by atoms with Gasteiger partial charge in [-0.25, -0.2) is 0 Å². The molecule has 0 aliphatic heterocycles. The molecule has 53 heavy (non-hydrogen) atoms. The van der Waals surface area contributed by atoms with Crippen molar-refractivity contribution in [2.45, 2.75) is 265 Å². The summed E-state index contributed by atoms with van der Waals surface area (Å²) in [5, 5.41) is 9.61. The van der Waals surface area contributed by atoms with Gasteiger partial charge in [-0.2, -0.15) is 0 Å². The number of nitrogens with zero attached hydrogens (tertiary/aromatic N) is 1. The van der Waals surface area contributed by atoms with E-state index in [4.69, 9.17) is 9.47 Å². The topological polar surface area (TPSA) is 59.0 Å². The number of carbonyl (C=O) groups is 1. The van der Waals surface area contributed by atoms with Crippen LogP contribution in [0, 0.1) is 0 Å². The number of aliphatic hydroxyl groups is 1. The number of carbonyl (C=O) groups excluding carboxylic acids is 1. The molecule has 0 aliphatic rings. The maximum Gasteiger partial charge on any atom is 0.306 e. The van der Waals surface area contributed by atoms with Crippen LogP contribution in [0.3, 0.4) is 0 Å². The van der Waals surface area contributed by atoms with Crippen LogP contribution in [0.5, 0.6) is 0 Å². The Balaban J connectivity index is 4.08. The predicted octanol–water partition coefficient (Wildman–Crippen LogP) is 14.8. The standard InChI is InChI=1S/C48H95NO4/c1-6-10-13-16-22-29-37-46(35-9-4)53-48(51)40-32-25-20-27-34-42-49(43-44-50)41-33-26-19-21-28-36-45(5)52-47(38-30-23-17-14-11-7-2)39-31-24-18-15-12-8-3/h46-47,50H,5-44H2,1-4H3. The van der Waals surface area contributed by atoms with Crippen molar-refractivity contribution in [2.75, 3.05) is 26.2 Å². The second kappa shape index (κ2) is 42.1. The highest BCUT2D eigenvalue weighted by atomic mass is 16.5. The third kappa shape index (κ3) is 37.6. The number of hydrogen-bond donors (Lipinski definition) is 1. The zero-order chi connectivity index (χ0) is 38.9. The molecule has 0 heterocycles. The van der Waals surface area contributed by atoms with Crippen molar-refractivity contribution in [1.82, 2.24) is 4.90 Å². The van der Waals surface area contributed by atoms with E-state index in [0.717, 1.165) is 63.9 Å². The van der Waals surface area contributed by atoms with Gasteiger partial charge in [-0.3, -0.25) is 4.79 Å². The summed E-state index contributed by atoms with van der Waals surface area (Å²) in [4.78, 5) is 14.9. The fraction of sp³-hybridized carbons (Fsp3) is 0.938. The van der Waals surface area contributed by atoms with E-state index in [2.05, 4.69) is 39.2 Å². The molecule has 0 fully saturated rings. The van der Waals surface area contributed by atoms with Crippen LogP contribution in [0.1, 0.15) is 252 Å². The number of unbranched alkanes of at least 4 members (excludes halogenated alkanes) is 23. The lowest BCUT2D eigenvalue weighted by Crippen LogP contribution is -2.29. The molecule has 0 bridgehead atoms. The summed E-state index contributed by atoms with van der Waals surface area (Å²) in [6, 6.07) is 0. The van der Waals surface area contributed by atoms with Gasteiger partial charge in [0.25, 0.3) is 0 Å². The number of ether oxygens (including phenoxy) is 2. The average molecular weight is 750 g/mol. The van der Waals surface area contributed by atoms with Crippen LogP contribution in [0.4, 0.5) is 0 Å². The molecule has 0 aromatic rings. The first-order valence-electron chi connectivity index (χ1n) is 23.9. The monoisotopic (exact) mass is 750 g/mol. The van der Waals surface area contributed by atoms with Gasteiger partial charge in [-0.15, -0.1) is 0 Å². The molecule has 5 heteroatoms. The van der Waals surface area contributed by atoms with Crippen molar-refractivity contribution >= 4 is 5.97 Å². The van der Waals surface area contributed by atoms with Gasteiger partial charge in [0.15, 0.2) is 0 Å². The quantitative estimate of drug-likeness (QED) is 0.0382. The van der Waals surface area contributed by atoms with Gasteiger partial charge in [-0.1, -0.05) is 176 Å². The van der Waals surface area contributed by atoms with Gasteiger partial charge in [-0.05, 0) is 83.7 Å². The molecule has 0 saturated heterocycles. The van der Waals surface area contributed by atoms with E-state index in [0.29, 0.717) is 12.5 Å². The van der Waals surface area contributed by atoms with Gasteiger partial charge in [0.2, 0.25) is 0 Å². The molecule has 1 atom stereocenters. The maximum atomic E-state index is 12.5. The Bertz CT molecular complexity index is 742. The van der Waals surface area contributed by atoms with Crippen LogP contribution in [0.2, 0.25) is 0 Å². The van der Waals surface area contributed by atoms with Crippen LogP contribution in [-0.2, 0) is 14.3 Å². The predicted molar refractivity (Wildman–Crippen MR) is 232 cm³/mol. The van der Waals surface area contributed by atoms with Gasteiger partial charge in [0.1, 0.15) is 6.10 Å². The van der Waals surface area contributed by atoms with Crippen LogP contribution in [-0.4, -0.2) is 54.4 Å². The molecule has 0 aromatic heterocycles. The highest BCUT2D eigenvalue weighted by molar-refractivity contribution is 5.69. The summed E-state index contributed by atoms with van der Waals surface area (Å²) in [6.45, 7) is 16.5. The van der Waals surface area contributed by atoms with Gasteiger partial charge < -0.3 is 19.5 Å². The number of rotatable bonds is 44. The second-order valence-electron chi connectivity index (χ2n) is 16.4. The number of aliphatic hydroxyl groups excluding tert-OH is 1. The highest BCUT2D eigenvalue weighted by Crippen LogP contribution is 2.22. The SMILES string of the molecule is C=C(CCCCCCCN(CCO)CCCCCCCC(=O)OC(CCC)CCCCCCCC)OC(CCCCCCCC)CCCCCCCC. The zero-order valence-corrected chi connectivity index (χ0v) is 36.6. The Hall–Kier alpha value is -1.07. The second-order valence-corrected chi connectivity index (χ2v) is 16.4. The molecular formula is C48H95NO4. The molecule has 0 amide bonds. The highest BCUT2D eigenvalue weighted by Gasteiger charge is 2.14. The van der Waals surface area contributed by atoms with E-state index < -0.39 is 0 Å². The minimum atomic E-state index is 0.00747. The minimum Gasteiger partial charge on any atom is -0.495 e. The van der Waals surface area contributed by atoms with Crippen molar-refractivity contribution in [3.8, 4) is 0 Å². The lowest BCUT2D eigenvalue weighted by Gasteiger charge is -2.21. The van der Waals surface area contributed by atoms with E-state index in [9.17, 15) is 9.90 Å². The Morgan fingerprint density at radius 3 is 1.26 bits per heavy atom. The summed E-state index contributed by atoms with van der Waals surface area (Å²) < 4.78 is 12.3. The zero-order valence-electron chi connectivity index (χ0n) is 36.6. The van der Waals surface area contributed by atoms with E-state index in [1.54, 1.807) is 0 Å². The molecule has 0 aromatic carbocycles. The molecule has 1 N–H and O–H groups in total. The molecule has 0 saturated carbocycles. The molecule has 0 radical (unpaired) electrons. The van der Waals surface area contributed by atoms with Crippen molar-refractivity contribution in [1.29, 1.82) is 0 Å². The fourth-order valence-corrected chi connectivity index (χ4v) is 7.64. The fourth-order valence-electron chi connectivity index (χ4n) is 7.64. The number of hydrogen-bond acceptors (Lipinski definition) is 5. The van der Waals surface area contributed by atoms with Crippen LogP contribution >= 0.6 is 0 Å². The molecular weight excluding hydrogens is 655 g/mol. The molecule has 0 rings (SSSR count). The van der Waals surface area contributed by atoms with Crippen molar-refractivity contribution in [2.24, 2.45) is 0 Å². The van der Waals surface area contributed by atoms with Crippen molar-refractivity contribution in [3.63, 3.8) is 0 Å². The summed E-state index contributed by atoms with van der Waals surface area (Å²) in [6.07, 6.45) is 43.1. The van der Waals surface area contributed by atoms with Crippen LogP contribution in [0.15, 0.2) is 12.3 Å². The summed E-state index contributed by atoms with van der Waals surface area (Å²) in [5.74, 6) is 1.02. The van der Waals surface area contributed by atoms with E-state index in [-0.39, 0.29) is 18.7 Å². The Morgan fingerprint density at radius 2 is 0.830 bits per heavy atom. The summed E-state index contributed by atoms with van der Waals surface area (Å²) >= 11 is 0. The van der Waals surface area contributed by atoms with Gasteiger partial charge in [0, 0.05) is 19.4 Å². The first kappa shape index (κ1) is 51.9. The molecule has 0 aliphatic carbocycles. The molecule has 0 spiro atoms. The molecule has 5 nitrogen and oxygen atoms in total. The van der Waals surface area contributed by atoms with E-state index in [1.165, 1.54) is 180 Å². The smallest absolute Gasteiger partial charge is 0.306 e. The molecule has 316 valence electrons. The van der Waals surface area contributed by atoms with Crippen molar-refractivity contribution in [3.05, 3.63) is 12.3 Å². The average Bonchev–Trinajstić information content (AvgIpc) is 3.14. The normalized spacial score (nSPS) is 12.2. The lowest BCUT2D eigenvalue weighted by molar-refractivity contribution is -0.150. The number of allylic oxidation sites excluding steroid dienone is 1. The van der Waals surface area contributed by atoms with E-state index >= 15 is 0 Å². The minimum absolute atomic E-state index is 0.00747.